The van der Waals surface area contributed by atoms with E-state index in [0.717, 1.165) is 26.2 Å². The molecule has 1 aliphatic heterocycles. The van der Waals surface area contributed by atoms with Gasteiger partial charge in [0, 0.05) is 37.9 Å². The average Bonchev–Trinajstić information content (AvgIpc) is 2.48. The SMILES string of the molecule is Cc1cccc(N2CCN(C(C)C(C)C(=O)O)CC2)c1C. The first-order valence-electron chi connectivity index (χ1n) is 7.70. The van der Waals surface area contributed by atoms with Gasteiger partial charge in [-0.3, -0.25) is 9.69 Å². The van der Waals surface area contributed by atoms with Gasteiger partial charge in [0.25, 0.3) is 0 Å². The third kappa shape index (κ3) is 3.38. The highest BCUT2D eigenvalue weighted by atomic mass is 16.4. The van der Waals surface area contributed by atoms with E-state index in [1.165, 1.54) is 16.8 Å². The lowest BCUT2D eigenvalue weighted by Crippen LogP contribution is -2.52. The molecule has 1 saturated heterocycles. The smallest absolute Gasteiger partial charge is 0.307 e. The molecule has 2 atom stereocenters. The van der Waals surface area contributed by atoms with Crippen LogP contribution in [0.1, 0.15) is 25.0 Å². The molecule has 1 aliphatic rings. The second kappa shape index (κ2) is 6.48. The minimum absolute atomic E-state index is 0.0863. The number of hydrogen-bond acceptors (Lipinski definition) is 3. The lowest BCUT2D eigenvalue weighted by molar-refractivity contribution is -0.143. The second-order valence-corrected chi connectivity index (χ2v) is 6.11. The highest BCUT2D eigenvalue weighted by Gasteiger charge is 2.28. The van der Waals surface area contributed by atoms with E-state index in [1.807, 2.05) is 6.92 Å². The number of rotatable bonds is 4. The normalized spacial score (nSPS) is 19.3. The molecule has 0 aliphatic carbocycles. The molecular formula is C17H26N2O2. The van der Waals surface area contributed by atoms with E-state index in [4.69, 9.17) is 5.11 Å². The summed E-state index contributed by atoms with van der Waals surface area (Å²) < 4.78 is 0. The van der Waals surface area contributed by atoms with Gasteiger partial charge in [-0.2, -0.15) is 0 Å². The molecule has 4 nitrogen and oxygen atoms in total. The molecule has 1 fully saturated rings. The predicted octanol–water partition coefficient (Wildman–Crippen LogP) is 2.53. The molecule has 1 heterocycles. The summed E-state index contributed by atoms with van der Waals surface area (Å²) in [5.74, 6) is -1.03. The minimum atomic E-state index is -0.709. The number of anilines is 1. The van der Waals surface area contributed by atoms with Crippen LogP contribution in [0, 0.1) is 19.8 Å². The maximum absolute atomic E-state index is 11.1. The Morgan fingerprint density at radius 2 is 1.76 bits per heavy atom. The summed E-state index contributed by atoms with van der Waals surface area (Å²) in [4.78, 5) is 15.8. The Morgan fingerprint density at radius 3 is 2.33 bits per heavy atom. The van der Waals surface area contributed by atoms with Crippen LogP contribution in [0.5, 0.6) is 0 Å². The summed E-state index contributed by atoms with van der Waals surface area (Å²) in [6.07, 6.45) is 0. The number of piperazine rings is 1. The van der Waals surface area contributed by atoms with Crippen LogP contribution in [0.3, 0.4) is 0 Å². The lowest BCUT2D eigenvalue weighted by Gasteiger charge is -2.40. The number of nitrogens with zero attached hydrogens (tertiary/aromatic N) is 2. The van der Waals surface area contributed by atoms with Gasteiger partial charge < -0.3 is 10.0 Å². The Kier molecular flexibility index (Phi) is 4.88. The van der Waals surface area contributed by atoms with Crippen LogP contribution in [0.2, 0.25) is 0 Å². The van der Waals surface area contributed by atoms with Crippen molar-refractivity contribution >= 4 is 11.7 Å². The molecule has 0 spiro atoms. The second-order valence-electron chi connectivity index (χ2n) is 6.11. The van der Waals surface area contributed by atoms with Gasteiger partial charge in [0.15, 0.2) is 0 Å². The van der Waals surface area contributed by atoms with Crippen LogP contribution in [0.25, 0.3) is 0 Å². The topological polar surface area (TPSA) is 43.8 Å². The van der Waals surface area contributed by atoms with Crippen molar-refractivity contribution in [2.75, 3.05) is 31.1 Å². The molecule has 0 aromatic heterocycles. The zero-order valence-corrected chi connectivity index (χ0v) is 13.5. The average molecular weight is 290 g/mol. The fourth-order valence-electron chi connectivity index (χ4n) is 2.97. The van der Waals surface area contributed by atoms with Crippen LogP contribution in [-0.4, -0.2) is 48.2 Å². The summed E-state index contributed by atoms with van der Waals surface area (Å²) in [6, 6.07) is 6.52. The highest BCUT2D eigenvalue weighted by molar-refractivity contribution is 5.70. The van der Waals surface area contributed by atoms with E-state index >= 15 is 0 Å². The molecule has 4 heteroatoms. The number of carboxylic acids is 1. The van der Waals surface area contributed by atoms with E-state index in [1.54, 1.807) is 6.92 Å². The lowest BCUT2D eigenvalue weighted by atomic mass is 10.0. The zero-order chi connectivity index (χ0) is 15.6. The maximum atomic E-state index is 11.1. The number of carboxylic acid groups (broad SMARTS) is 1. The van der Waals surface area contributed by atoms with E-state index in [0.29, 0.717) is 0 Å². The first-order chi connectivity index (χ1) is 9.91. The van der Waals surface area contributed by atoms with Crippen molar-refractivity contribution in [1.29, 1.82) is 0 Å². The minimum Gasteiger partial charge on any atom is -0.481 e. The summed E-state index contributed by atoms with van der Waals surface area (Å²) >= 11 is 0. The Labute approximate surface area is 127 Å². The van der Waals surface area contributed by atoms with Crippen LogP contribution in [0.15, 0.2) is 18.2 Å². The third-order valence-corrected chi connectivity index (χ3v) is 4.92. The molecule has 1 N–H and O–H groups in total. The van der Waals surface area contributed by atoms with Crippen molar-refractivity contribution in [3.63, 3.8) is 0 Å². The van der Waals surface area contributed by atoms with Crippen molar-refractivity contribution in [3.8, 4) is 0 Å². The van der Waals surface area contributed by atoms with Crippen LogP contribution in [0.4, 0.5) is 5.69 Å². The van der Waals surface area contributed by atoms with Gasteiger partial charge in [-0.05, 0) is 38.0 Å². The maximum Gasteiger partial charge on any atom is 0.307 e. The molecule has 1 aromatic carbocycles. The number of benzene rings is 1. The van der Waals surface area contributed by atoms with Gasteiger partial charge in [-0.1, -0.05) is 19.1 Å². The van der Waals surface area contributed by atoms with Gasteiger partial charge in [0.2, 0.25) is 0 Å². The molecule has 116 valence electrons. The molecular weight excluding hydrogens is 264 g/mol. The molecule has 21 heavy (non-hydrogen) atoms. The number of aryl methyl sites for hydroxylation is 1. The van der Waals surface area contributed by atoms with Crippen molar-refractivity contribution < 1.29 is 9.90 Å². The Morgan fingerprint density at radius 1 is 1.14 bits per heavy atom. The van der Waals surface area contributed by atoms with Crippen molar-refractivity contribution in [1.82, 2.24) is 4.90 Å². The quantitative estimate of drug-likeness (QED) is 0.925. The van der Waals surface area contributed by atoms with Gasteiger partial charge in [-0.25, -0.2) is 0 Å². The molecule has 2 rings (SSSR count). The van der Waals surface area contributed by atoms with E-state index in [9.17, 15) is 4.79 Å². The van der Waals surface area contributed by atoms with Crippen molar-refractivity contribution in [3.05, 3.63) is 29.3 Å². The monoisotopic (exact) mass is 290 g/mol. The number of aliphatic carboxylic acids is 1. The van der Waals surface area contributed by atoms with E-state index in [-0.39, 0.29) is 12.0 Å². The molecule has 0 radical (unpaired) electrons. The van der Waals surface area contributed by atoms with Crippen LogP contribution >= 0.6 is 0 Å². The van der Waals surface area contributed by atoms with Gasteiger partial charge in [-0.15, -0.1) is 0 Å². The largest absolute Gasteiger partial charge is 0.481 e. The fraction of sp³-hybridized carbons (Fsp3) is 0.588. The molecule has 2 unspecified atom stereocenters. The molecule has 0 saturated carbocycles. The predicted molar refractivity (Wildman–Crippen MR) is 86.0 cm³/mol. The summed E-state index contributed by atoms with van der Waals surface area (Å²) in [5.41, 5.74) is 3.98. The fourth-order valence-corrected chi connectivity index (χ4v) is 2.97. The summed E-state index contributed by atoms with van der Waals surface area (Å²) in [6.45, 7) is 11.9. The van der Waals surface area contributed by atoms with E-state index < -0.39 is 5.97 Å². The molecule has 0 amide bonds. The van der Waals surface area contributed by atoms with Crippen LogP contribution < -0.4 is 4.90 Å². The van der Waals surface area contributed by atoms with Crippen molar-refractivity contribution in [2.24, 2.45) is 5.92 Å². The third-order valence-electron chi connectivity index (χ3n) is 4.92. The van der Waals surface area contributed by atoms with Crippen molar-refractivity contribution in [2.45, 2.75) is 33.7 Å². The summed E-state index contributed by atoms with van der Waals surface area (Å²) in [7, 11) is 0. The first kappa shape index (κ1) is 15.8. The Hall–Kier alpha value is -1.55. The summed E-state index contributed by atoms with van der Waals surface area (Å²) in [5, 5.41) is 9.14. The number of hydrogen-bond donors (Lipinski definition) is 1. The van der Waals surface area contributed by atoms with E-state index in [2.05, 4.69) is 41.8 Å². The standard InChI is InChI=1S/C17H26N2O2/c1-12-6-5-7-16(13(12)2)19-10-8-18(9-11-19)15(4)14(3)17(20)21/h5-7,14-15H,8-11H2,1-4H3,(H,20,21). The first-order valence-corrected chi connectivity index (χ1v) is 7.70. The zero-order valence-electron chi connectivity index (χ0n) is 13.5. The Balaban J connectivity index is 2.00. The molecule has 1 aromatic rings. The van der Waals surface area contributed by atoms with Gasteiger partial charge in [0.05, 0.1) is 5.92 Å². The highest BCUT2D eigenvalue weighted by Crippen LogP contribution is 2.24. The van der Waals surface area contributed by atoms with Gasteiger partial charge >= 0.3 is 5.97 Å². The van der Waals surface area contributed by atoms with Gasteiger partial charge in [0.1, 0.15) is 0 Å². The Bertz CT molecular complexity index is 508. The number of carbonyl (C=O) groups is 1. The van der Waals surface area contributed by atoms with Crippen LogP contribution in [-0.2, 0) is 4.79 Å². The molecule has 0 bridgehead atoms.